The van der Waals surface area contributed by atoms with E-state index in [0.717, 1.165) is 13.0 Å². The molecule has 6 heteroatoms. The van der Waals surface area contributed by atoms with Crippen LogP contribution < -0.4 is 5.32 Å². The number of halogens is 3. The van der Waals surface area contributed by atoms with Crippen LogP contribution in [-0.2, 0) is 4.79 Å². The number of nitrogens with zero attached hydrogens (tertiary/aromatic N) is 1. The molecule has 1 heterocycles. The molecule has 1 aliphatic carbocycles. The second-order valence-corrected chi connectivity index (χ2v) is 6.10. The fraction of sp³-hybridized carbons (Fsp3) is 0.929. The molecule has 1 atom stereocenters. The van der Waals surface area contributed by atoms with Crippen molar-refractivity contribution in [2.24, 2.45) is 5.92 Å². The van der Waals surface area contributed by atoms with Crippen LogP contribution in [0.25, 0.3) is 0 Å². The van der Waals surface area contributed by atoms with Gasteiger partial charge < -0.3 is 10.2 Å². The van der Waals surface area contributed by atoms with Crippen molar-refractivity contribution in [3.63, 3.8) is 0 Å². The number of nitrogens with one attached hydrogen (secondary N) is 1. The van der Waals surface area contributed by atoms with Gasteiger partial charge in [-0.15, -0.1) is 0 Å². The molecule has 3 nitrogen and oxygen atoms in total. The van der Waals surface area contributed by atoms with Crippen molar-refractivity contribution in [1.29, 1.82) is 0 Å². The van der Waals surface area contributed by atoms with Gasteiger partial charge in [0.15, 0.2) is 0 Å². The van der Waals surface area contributed by atoms with Crippen LogP contribution >= 0.6 is 0 Å². The molecule has 2 aliphatic rings. The summed E-state index contributed by atoms with van der Waals surface area (Å²) in [6, 6.07) is 0.297. The van der Waals surface area contributed by atoms with E-state index < -0.39 is 12.1 Å². The minimum absolute atomic E-state index is 0.143. The van der Waals surface area contributed by atoms with E-state index >= 15 is 0 Å². The SMILES string of the molecule is CC(CN1CCCC1=O)NC1CCC(C(F)(F)F)CC1. The molecule has 0 aromatic carbocycles. The first kappa shape index (κ1) is 15.6. The molecule has 2 fully saturated rings. The monoisotopic (exact) mass is 292 g/mol. The Kier molecular flexibility index (Phi) is 4.94. The van der Waals surface area contributed by atoms with E-state index in [1.165, 1.54) is 0 Å². The number of alkyl halides is 3. The van der Waals surface area contributed by atoms with Crippen LogP contribution in [0, 0.1) is 5.92 Å². The molecule has 1 saturated heterocycles. The van der Waals surface area contributed by atoms with Crippen molar-refractivity contribution in [1.82, 2.24) is 10.2 Å². The van der Waals surface area contributed by atoms with Crippen molar-refractivity contribution < 1.29 is 18.0 Å². The minimum Gasteiger partial charge on any atom is -0.341 e. The van der Waals surface area contributed by atoms with Gasteiger partial charge in [0, 0.05) is 31.6 Å². The smallest absolute Gasteiger partial charge is 0.341 e. The standard InChI is InChI=1S/C14H23F3N2O/c1-10(9-19-8-2-3-13(19)20)18-12-6-4-11(5-7-12)14(15,16)17/h10-12,18H,2-9H2,1H3. The van der Waals surface area contributed by atoms with Crippen molar-refractivity contribution in [2.45, 2.75) is 63.7 Å². The number of hydrogen-bond donors (Lipinski definition) is 1. The van der Waals surface area contributed by atoms with Gasteiger partial charge in [-0.3, -0.25) is 4.79 Å². The number of carbonyl (C=O) groups is 1. The highest BCUT2D eigenvalue weighted by molar-refractivity contribution is 5.78. The third kappa shape index (κ3) is 4.11. The topological polar surface area (TPSA) is 32.3 Å². The van der Waals surface area contributed by atoms with Gasteiger partial charge in [-0.25, -0.2) is 0 Å². The summed E-state index contributed by atoms with van der Waals surface area (Å²) in [6.45, 7) is 3.48. The molecule has 116 valence electrons. The van der Waals surface area contributed by atoms with Gasteiger partial charge in [0.2, 0.25) is 5.91 Å². The lowest BCUT2D eigenvalue weighted by Crippen LogP contribution is -2.46. The zero-order valence-electron chi connectivity index (χ0n) is 11.9. The Labute approximate surface area is 117 Å². The Hall–Kier alpha value is -0.780. The Bertz CT molecular complexity index is 338. The summed E-state index contributed by atoms with van der Waals surface area (Å²) < 4.78 is 37.7. The third-order valence-corrected chi connectivity index (χ3v) is 4.38. The van der Waals surface area contributed by atoms with Gasteiger partial charge in [-0.05, 0) is 39.0 Å². The van der Waals surface area contributed by atoms with Crippen molar-refractivity contribution in [2.75, 3.05) is 13.1 Å². The van der Waals surface area contributed by atoms with E-state index in [0.29, 0.717) is 25.8 Å². The fourth-order valence-electron chi connectivity index (χ4n) is 3.27. The van der Waals surface area contributed by atoms with Crippen LogP contribution in [0.5, 0.6) is 0 Å². The van der Waals surface area contributed by atoms with Crippen molar-refractivity contribution >= 4 is 5.91 Å². The fourth-order valence-corrected chi connectivity index (χ4v) is 3.27. The van der Waals surface area contributed by atoms with Crippen LogP contribution in [-0.4, -0.2) is 42.2 Å². The molecule has 1 saturated carbocycles. The molecule has 1 N–H and O–H groups in total. The van der Waals surface area contributed by atoms with E-state index in [2.05, 4.69) is 5.32 Å². The number of hydrogen-bond acceptors (Lipinski definition) is 2. The number of carbonyl (C=O) groups excluding carboxylic acids is 1. The molecule has 0 radical (unpaired) electrons. The van der Waals surface area contributed by atoms with E-state index in [4.69, 9.17) is 0 Å². The minimum atomic E-state index is -4.04. The average Bonchev–Trinajstić information content (AvgIpc) is 2.74. The maximum Gasteiger partial charge on any atom is 0.391 e. The summed E-state index contributed by atoms with van der Waals surface area (Å²) >= 11 is 0. The largest absolute Gasteiger partial charge is 0.391 e. The number of rotatable bonds is 4. The van der Waals surface area contributed by atoms with Crippen LogP contribution in [0.4, 0.5) is 13.2 Å². The zero-order chi connectivity index (χ0) is 14.8. The van der Waals surface area contributed by atoms with Crippen molar-refractivity contribution in [3.8, 4) is 0 Å². The van der Waals surface area contributed by atoms with Crippen LogP contribution in [0.1, 0.15) is 45.4 Å². The number of likely N-dealkylation sites (tertiary alicyclic amines) is 1. The zero-order valence-corrected chi connectivity index (χ0v) is 11.9. The Balaban J connectivity index is 1.71. The molecule has 1 unspecified atom stereocenters. The Morgan fingerprint density at radius 1 is 1.30 bits per heavy atom. The van der Waals surface area contributed by atoms with Gasteiger partial charge >= 0.3 is 6.18 Å². The average molecular weight is 292 g/mol. The maximum atomic E-state index is 12.6. The maximum absolute atomic E-state index is 12.6. The van der Waals surface area contributed by atoms with E-state index in [9.17, 15) is 18.0 Å². The van der Waals surface area contributed by atoms with Crippen LogP contribution in [0.15, 0.2) is 0 Å². The van der Waals surface area contributed by atoms with E-state index in [1.54, 1.807) is 0 Å². The molecule has 0 aromatic heterocycles. The summed E-state index contributed by atoms with van der Waals surface area (Å²) in [7, 11) is 0. The summed E-state index contributed by atoms with van der Waals surface area (Å²) in [5.41, 5.74) is 0. The van der Waals surface area contributed by atoms with Gasteiger partial charge in [-0.2, -0.15) is 13.2 Å². The summed E-state index contributed by atoms with van der Waals surface area (Å²) in [6.07, 6.45) is -0.914. The number of amides is 1. The summed E-state index contributed by atoms with van der Waals surface area (Å²) in [5, 5.41) is 3.38. The first-order valence-corrected chi connectivity index (χ1v) is 7.47. The van der Waals surface area contributed by atoms with E-state index in [-0.39, 0.29) is 30.8 Å². The second-order valence-electron chi connectivity index (χ2n) is 6.10. The lowest BCUT2D eigenvalue weighted by molar-refractivity contribution is -0.182. The molecular formula is C14H23F3N2O. The second kappa shape index (κ2) is 6.33. The molecule has 0 bridgehead atoms. The highest BCUT2D eigenvalue weighted by Gasteiger charge is 2.41. The Morgan fingerprint density at radius 3 is 2.45 bits per heavy atom. The normalized spacial score (nSPS) is 29.8. The van der Waals surface area contributed by atoms with Gasteiger partial charge in [0.05, 0.1) is 5.92 Å². The van der Waals surface area contributed by atoms with E-state index in [1.807, 2.05) is 11.8 Å². The molecule has 2 rings (SSSR count). The molecule has 20 heavy (non-hydrogen) atoms. The first-order chi connectivity index (χ1) is 9.36. The van der Waals surface area contributed by atoms with Gasteiger partial charge in [0.25, 0.3) is 0 Å². The van der Waals surface area contributed by atoms with Gasteiger partial charge in [0.1, 0.15) is 0 Å². The Morgan fingerprint density at radius 2 is 1.95 bits per heavy atom. The van der Waals surface area contributed by atoms with Crippen molar-refractivity contribution in [3.05, 3.63) is 0 Å². The molecule has 1 amide bonds. The van der Waals surface area contributed by atoms with Crippen LogP contribution in [0.2, 0.25) is 0 Å². The molecule has 0 aromatic rings. The third-order valence-electron chi connectivity index (χ3n) is 4.38. The molecular weight excluding hydrogens is 269 g/mol. The quantitative estimate of drug-likeness (QED) is 0.864. The lowest BCUT2D eigenvalue weighted by atomic mass is 9.85. The summed E-state index contributed by atoms with van der Waals surface area (Å²) in [4.78, 5) is 13.4. The lowest BCUT2D eigenvalue weighted by Gasteiger charge is -2.33. The highest BCUT2D eigenvalue weighted by Crippen LogP contribution is 2.37. The first-order valence-electron chi connectivity index (χ1n) is 7.47. The summed E-state index contributed by atoms with van der Waals surface area (Å²) in [5.74, 6) is -0.935. The molecule has 0 spiro atoms. The highest BCUT2D eigenvalue weighted by atomic mass is 19.4. The molecule has 1 aliphatic heterocycles. The predicted molar refractivity (Wildman–Crippen MR) is 70.2 cm³/mol. The predicted octanol–water partition coefficient (Wildman–Crippen LogP) is 2.71. The van der Waals surface area contributed by atoms with Crippen LogP contribution in [0.3, 0.4) is 0 Å². The van der Waals surface area contributed by atoms with Gasteiger partial charge in [-0.1, -0.05) is 0 Å².